The van der Waals surface area contributed by atoms with Gasteiger partial charge in [-0.25, -0.2) is 4.98 Å². The normalized spacial score (nSPS) is 11.0. The number of aromatic nitrogens is 1. The van der Waals surface area contributed by atoms with Crippen molar-refractivity contribution in [1.29, 1.82) is 0 Å². The van der Waals surface area contributed by atoms with Crippen LogP contribution in [0, 0.1) is 12.8 Å². The Morgan fingerprint density at radius 3 is 2.56 bits per heavy atom. The first kappa shape index (κ1) is 15.0. The molecule has 0 amide bonds. The van der Waals surface area contributed by atoms with Gasteiger partial charge in [0.25, 0.3) is 0 Å². The van der Waals surface area contributed by atoms with Crippen molar-refractivity contribution >= 4 is 5.82 Å². The smallest absolute Gasteiger partial charge is 0.131 e. The first-order chi connectivity index (χ1) is 8.58. The molecule has 0 saturated carbocycles. The summed E-state index contributed by atoms with van der Waals surface area (Å²) in [7, 11) is 0. The van der Waals surface area contributed by atoms with Crippen molar-refractivity contribution in [2.24, 2.45) is 5.92 Å². The summed E-state index contributed by atoms with van der Waals surface area (Å²) in [6.45, 7) is 14.9. The molecule has 1 N–H and O–H groups in total. The Kier molecular flexibility index (Phi) is 6.13. The van der Waals surface area contributed by atoms with Crippen molar-refractivity contribution < 1.29 is 0 Å². The van der Waals surface area contributed by atoms with Gasteiger partial charge in [0, 0.05) is 25.8 Å². The van der Waals surface area contributed by atoms with Gasteiger partial charge in [0.2, 0.25) is 0 Å². The predicted octanol–water partition coefficient (Wildman–Crippen LogP) is 2.98. The second kappa shape index (κ2) is 7.37. The standard InChI is InChI=1S/C15H27N3/c1-6-16-9-14-8-13(5)15(17-10-14)18(7-2)11-12(3)4/h8,10,12,16H,6-7,9,11H2,1-5H3. The van der Waals surface area contributed by atoms with Crippen LogP contribution in [0.5, 0.6) is 0 Å². The molecule has 1 aromatic rings. The highest BCUT2D eigenvalue weighted by Gasteiger charge is 2.11. The van der Waals surface area contributed by atoms with Crippen molar-refractivity contribution in [3.05, 3.63) is 23.4 Å². The van der Waals surface area contributed by atoms with E-state index in [1.54, 1.807) is 0 Å². The molecule has 0 fully saturated rings. The second-order valence-corrected chi connectivity index (χ2v) is 5.20. The fourth-order valence-electron chi connectivity index (χ4n) is 2.13. The van der Waals surface area contributed by atoms with Gasteiger partial charge in [-0.1, -0.05) is 20.8 Å². The molecule has 3 heteroatoms. The van der Waals surface area contributed by atoms with Gasteiger partial charge in [-0.15, -0.1) is 0 Å². The van der Waals surface area contributed by atoms with Gasteiger partial charge in [-0.2, -0.15) is 0 Å². The first-order valence-corrected chi connectivity index (χ1v) is 6.99. The van der Waals surface area contributed by atoms with Crippen LogP contribution in [0.15, 0.2) is 12.3 Å². The largest absolute Gasteiger partial charge is 0.356 e. The minimum Gasteiger partial charge on any atom is -0.356 e. The molecule has 102 valence electrons. The highest BCUT2D eigenvalue weighted by molar-refractivity contribution is 5.47. The lowest BCUT2D eigenvalue weighted by Gasteiger charge is -2.25. The molecule has 0 saturated heterocycles. The Morgan fingerprint density at radius 1 is 1.33 bits per heavy atom. The molecule has 0 atom stereocenters. The minimum atomic E-state index is 0.660. The van der Waals surface area contributed by atoms with E-state index in [4.69, 9.17) is 0 Å². The molecule has 0 aliphatic heterocycles. The number of hydrogen-bond donors (Lipinski definition) is 1. The van der Waals surface area contributed by atoms with E-state index in [0.717, 1.165) is 32.0 Å². The summed E-state index contributed by atoms with van der Waals surface area (Å²) in [4.78, 5) is 7.00. The molecule has 0 aliphatic carbocycles. The highest BCUT2D eigenvalue weighted by atomic mass is 15.2. The van der Waals surface area contributed by atoms with Gasteiger partial charge in [-0.05, 0) is 43.5 Å². The molecule has 1 aromatic heterocycles. The number of pyridine rings is 1. The van der Waals surface area contributed by atoms with E-state index in [1.807, 2.05) is 6.20 Å². The van der Waals surface area contributed by atoms with E-state index >= 15 is 0 Å². The molecule has 0 spiro atoms. The van der Waals surface area contributed by atoms with Crippen LogP contribution in [-0.2, 0) is 6.54 Å². The van der Waals surface area contributed by atoms with E-state index in [-0.39, 0.29) is 0 Å². The Labute approximate surface area is 112 Å². The maximum atomic E-state index is 4.64. The number of aryl methyl sites for hydroxylation is 1. The highest BCUT2D eigenvalue weighted by Crippen LogP contribution is 2.19. The maximum Gasteiger partial charge on any atom is 0.131 e. The van der Waals surface area contributed by atoms with E-state index in [2.05, 4.69) is 55.9 Å². The average molecular weight is 249 g/mol. The van der Waals surface area contributed by atoms with Crippen LogP contribution < -0.4 is 10.2 Å². The lowest BCUT2D eigenvalue weighted by atomic mass is 10.1. The summed E-state index contributed by atoms with van der Waals surface area (Å²) in [5.41, 5.74) is 2.53. The molecular weight excluding hydrogens is 222 g/mol. The van der Waals surface area contributed by atoms with Crippen LogP contribution >= 0.6 is 0 Å². The molecule has 0 aromatic carbocycles. The maximum absolute atomic E-state index is 4.64. The fourth-order valence-corrected chi connectivity index (χ4v) is 2.13. The monoisotopic (exact) mass is 249 g/mol. The molecular formula is C15H27N3. The van der Waals surface area contributed by atoms with Gasteiger partial charge in [0.05, 0.1) is 0 Å². The summed E-state index contributed by atoms with van der Waals surface area (Å²) in [6.07, 6.45) is 1.99. The van der Waals surface area contributed by atoms with Gasteiger partial charge >= 0.3 is 0 Å². The van der Waals surface area contributed by atoms with Gasteiger partial charge in [-0.3, -0.25) is 0 Å². The summed E-state index contributed by atoms with van der Waals surface area (Å²) in [6, 6.07) is 2.24. The third-order valence-corrected chi connectivity index (χ3v) is 2.95. The Morgan fingerprint density at radius 2 is 2.06 bits per heavy atom. The minimum absolute atomic E-state index is 0.660. The van der Waals surface area contributed by atoms with Gasteiger partial charge in [0.15, 0.2) is 0 Å². The summed E-state index contributed by atoms with van der Waals surface area (Å²) in [5, 5.41) is 3.33. The topological polar surface area (TPSA) is 28.2 Å². The Hall–Kier alpha value is -1.09. The SMILES string of the molecule is CCNCc1cnc(N(CC)CC(C)C)c(C)c1. The molecule has 3 nitrogen and oxygen atoms in total. The van der Waals surface area contributed by atoms with Crippen molar-refractivity contribution in [2.75, 3.05) is 24.5 Å². The van der Waals surface area contributed by atoms with Crippen LogP contribution in [0.4, 0.5) is 5.82 Å². The quantitative estimate of drug-likeness (QED) is 0.805. The molecule has 1 rings (SSSR count). The van der Waals surface area contributed by atoms with Crippen molar-refractivity contribution in [1.82, 2.24) is 10.3 Å². The van der Waals surface area contributed by atoms with E-state index in [1.165, 1.54) is 11.1 Å². The predicted molar refractivity (Wildman–Crippen MR) is 79.1 cm³/mol. The first-order valence-electron chi connectivity index (χ1n) is 6.99. The van der Waals surface area contributed by atoms with Crippen LogP contribution in [0.3, 0.4) is 0 Å². The third kappa shape index (κ3) is 4.30. The van der Waals surface area contributed by atoms with E-state index in [9.17, 15) is 0 Å². The number of nitrogens with one attached hydrogen (secondary N) is 1. The lowest BCUT2D eigenvalue weighted by molar-refractivity contribution is 0.613. The van der Waals surface area contributed by atoms with Gasteiger partial charge < -0.3 is 10.2 Å². The van der Waals surface area contributed by atoms with Crippen LogP contribution in [0.25, 0.3) is 0 Å². The zero-order valence-electron chi connectivity index (χ0n) is 12.5. The fraction of sp³-hybridized carbons (Fsp3) is 0.667. The number of nitrogens with zero attached hydrogens (tertiary/aromatic N) is 2. The van der Waals surface area contributed by atoms with Crippen LogP contribution in [0.2, 0.25) is 0 Å². The zero-order valence-corrected chi connectivity index (χ0v) is 12.5. The number of anilines is 1. The van der Waals surface area contributed by atoms with Crippen LogP contribution in [-0.4, -0.2) is 24.6 Å². The Balaban J connectivity index is 2.82. The summed E-state index contributed by atoms with van der Waals surface area (Å²) < 4.78 is 0. The zero-order chi connectivity index (χ0) is 13.5. The second-order valence-electron chi connectivity index (χ2n) is 5.20. The van der Waals surface area contributed by atoms with Crippen molar-refractivity contribution in [3.8, 4) is 0 Å². The third-order valence-electron chi connectivity index (χ3n) is 2.95. The molecule has 0 unspecified atom stereocenters. The molecule has 0 bridgehead atoms. The molecule has 18 heavy (non-hydrogen) atoms. The molecule has 1 heterocycles. The Bertz CT molecular complexity index is 361. The van der Waals surface area contributed by atoms with Crippen molar-refractivity contribution in [2.45, 2.75) is 41.2 Å². The average Bonchev–Trinajstić information content (AvgIpc) is 2.33. The van der Waals surface area contributed by atoms with Crippen LogP contribution in [0.1, 0.15) is 38.8 Å². The van der Waals surface area contributed by atoms with E-state index in [0.29, 0.717) is 5.92 Å². The molecule has 0 aliphatic rings. The van der Waals surface area contributed by atoms with Crippen molar-refractivity contribution in [3.63, 3.8) is 0 Å². The number of hydrogen-bond acceptors (Lipinski definition) is 3. The summed E-state index contributed by atoms with van der Waals surface area (Å²) in [5.74, 6) is 1.79. The lowest BCUT2D eigenvalue weighted by Crippen LogP contribution is -2.28. The summed E-state index contributed by atoms with van der Waals surface area (Å²) >= 11 is 0. The van der Waals surface area contributed by atoms with Gasteiger partial charge in [0.1, 0.15) is 5.82 Å². The van der Waals surface area contributed by atoms with E-state index < -0.39 is 0 Å². The number of rotatable bonds is 7. The molecule has 0 radical (unpaired) electrons.